The van der Waals surface area contributed by atoms with Gasteiger partial charge in [0.1, 0.15) is 5.75 Å². The minimum Gasteiger partial charge on any atom is -0.497 e. The fraction of sp³-hybridized carbons (Fsp3) is 0.333. The number of nitrogens with two attached hydrogens (primary N) is 1. The number of fused-ring (bicyclic) bond motifs is 1. The SMILES string of the molecule is COc1ccc(CCNC(=O)CN2Cc3ccccc3C[C@H]2C(N)=O)cc1. The normalized spacial score (nSPS) is 16.4. The fourth-order valence-electron chi connectivity index (χ4n) is 3.40. The third-order valence-corrected chi connectivity index (χ3v) is 4.92. The largest absolute Gasteiger partial charge is 0.497 e. The number of hydrogen-bond donors (Lipinski definition) is 2. The van der Waals surface area contributed by atoms with Gasteiger partial charge in [0.05, 0.1) is 19.7 Å². The molecule has 6 nitrogen and oxygen atoms in total. The summed E-state index contributed by atoms with van der Waals surface area (Å²) < 4.78 is 5.14. The second-order valence-electron chi connectivity index (χ2n) is 6.74. The van der Waals surface area contributed by atoms with Gasteiger partial charge >= 0.3 is 0 Å². The summed E-state index contributed by atoms with van der Waals surface area (Å²) in [6.07, 6.45) is 1.28. The van der Waals surface area contributed by atoms with E-state index < -0.39 is 11.9 Å². The summed E-state index contributed by atoms with van der Waals surface area (Å²) in [5, 5.41) is 2.93. The molecule has 1 atom stereocenters. The molecule has 3 N–H and O–H groups in total. The van der Waals surface area contributed by atoms with Gasteiger partial charge in [-0.3, -0.25) is 14.5 Å². The molecular formula is C21H25N3O3. The Kier molecular flexibility index (Phi) is 6.08. The first-order valence-electron chi connectivity index (χ1n) is 9.06. The van der Waals surface area contributed by atoms with Crippen LogP contribution in [-0.4, -0.2) is 43.0 Å². The van der Waals surface area contributed by atoms with Gasteiger partial charge in [0.25, 0.3) is 0 Å². The highest BCUT2D eigenvalue weighted by atomic mass is 16.5. The number of nitrogens with zero attached hydrogens (tertiary/aromatic N) is 1. The summed E-state index contributed by atoms with van der Waals surface area (Å²) in [4.78, 5) is 26.1. The van der Waals surface area contributed by atoms with Crippen molar-refractivity contribution in [3.05, 3.63) is 65.2 Å². The van der Waals surface area contributed by atoms with Gasteiger partial charge in [-0.1, -0.05) is 36.4 Å². The van der Waals surface area contributed by atoms with E-state index in [9.17, 15) is 9.59 Å². The van der Waals surface area contributed by atoms with Gasteiger partial charge in [-0.15, -0.1) is 0 Å². The van der Waals surface area contributed by atoms with Gasteiger partial charge in [0.2, 0.25) is 11.8 Å². The molecule has 0 spiro atoms. The summed E-state index contributed by atoms with van der Waals surface area (Å²) >= 11 is 0. The minimum absolute atomic E-state index is 0.103. The molecule has 0 fully saturated rings. The molecule has 0 aliphatic carbocycles. The number of rotatable bonds is 7. The zero-order chi connectivity index (χ0) is 19.2. The monoisotopic (exact) mass is 367 g/mol. The first-order chi connectivity index (χ1) is 13.1. The van der Waals surface area contributed by atoms with E-state index in [0.717, 1.165) is 28.9 Å². The van der Waals surface area contributed by atoms with Gasteiger partial charge in [0, 0.05) is 13.1 Å². The van der Waals surface area contributed by atoms with Gasteiger partial charge in [-0.05, 0) is 41.7 Å². The zero-order valence-electron chi connectivity index (χ0n) is 15.5. The van der Waals surface area contributed by atoms with E-state index in [4.69, 9.17) is 10.5 Å². The molecule has 2 amide bonds. The molecule has 2 aromatic rings. The van der Waals surface area contributed by atoms with Crippen LogP contribution in [0.3, 0.4) is 0 Å². The third-order valence-electron chi connectivity index (χ3n) is 4.92. The molecule has 0 unspecified atom stereocenters. The van der Waals surface area contributed by atoms with E-state index in [1.807, 2.05) is 53.4 Å². The summed E-state index contributed by atoms with van der Waals surface area (Å²) in [5.74, 6) is 0.315. The van der Waals surface area contributed by atoms with Crippen LogP contribution in [0.1, 0.15) is 16.7 Å². The number of primary amides is 1. The van der Waals surface area contributed by atoms with E-state index in [1.54, 1.807) is 7.11 Å². The van der Waals surface area contributed by atoms with Crippen LogP contribution in [0, 0.1) is 0 Å². The maximum atomic E-state index is 12.4. The summed E-state index contributed by atoms with van der Waals surface area (Å²) in [6.45, 7) is 1.25. The lowest BCUT2D eigenvalue weighted by Crippen LogP contribution is -2.51. The van der Waals surface area contributed by atoms with Crippen LogP contribution in [0.4, 0.5) is 0 Å². The van der Waals surface area contributed by atoms with Crippen molar-refractivity contribution in [1.29, 1.82) is 0 Å². The maximum absolute atomic E-state index is 12.4. The molecule has 142 valence electrons. The quantitative estimate of drug-likeness (QED) is 0.772. The Morgan fingerprint density at radius 2 is 1.85 bits per heavy atom. The number of carbonyl (C=O) groups excluding carboxylic acids is 2. The molecule has 0 saturated heterocycles. The number of nitrogens with one attached hydrogen (secondary N) is 1. The first kappa shape index (κ1) is 18.9. The molecule has 1 aliphatic rings. The number of carbonyl (C=O) groups is 2. The van der Waals surface area contributed by atoms with Crippen molar-refractivity contribution in [3.8, 4) is 5.75 Å². The number of hydrogen-bond acceptors (Lipinski definition) is 4. The molecule has 1 heterocycles. The topological polar surface area (TPSA) is 84.7 Å². The first-order valence-corrected chi connectivity index (χ1v) is 9.06. The zero-order valence-corrected chi connectivity index (χ0v) is 15.5. The average molecular weight is 367 g/mol. The van der Waals surface area contributed by atoms with Gasteiger partial charge in [-0.2, -0.15) is 0 Å². The van der Waals surface area contributed by atoms with Crippen LogP contribution < -0.4 is 15.8 Å². The predicted octanol–water partition coefficient (Wildman–Crippen LogP) is 1.27. The molecular weight excluding hydrogens is 342 g/mol. The maximum Gasteiger partial charge on any atom is 0.235 e. The molecule has 0 aromatic heterocycles. The Bertz CT molecular complexity index is 805. The predicted molar refractivity (Wildman–Crippen MR) is 103 cm³/mol. The van der Waals surface area contributed by atoms with E-state index >= 15 is 0 Å². The number of benzene rings is 2. The molecule has 6 heteroatoms. The van der Waals surface area contributed by atoms with Gasteiger partial charge in [-0.25, -0.2) is 0 Å². The Balaban J connectivity index is 1.53. The Hall–Kier alpha value is -2.86. The highest BCUT2D eigenvalue weighted by molar-refractivity contribution is 5.83. The Labute approximate surface area is 159 Å². The van der Waals surface area contributed by atoms with E-state index in [1.165, 1.54) is 0 Å². The highest BCUT2D eigenvalue weighted by Crippen LogP contribution is 2.22. The van der Waals surface area contributed by atoms with Crippen LogP contribution >= 0.6 is 0 Å². The molecule has 3 rings (SSSR count). The summed E-state index contributed by atoms with van der Waals surface area (Å²) in [6, 6.07) is 15.3. The van der Waals surface area contributed by atoms with Crippen LogP contribution in [0.15, 0.2) is 48.5 Å². The smallest absolute Gasteiger partial charge is 0.235 e. The van der Waals surface area contributed by atoms with Crippen molar-refractivity contribution in [3.63, 3.8) is 0 Å². The lowest BCUT2D eigenvalue weighted by molar-refractivity contribution is -0.127. The second kappa shape index (κ2) is 8.68. The van der Waals surface area contributed by atoms with Crippen LogP contribution in [0.5, 0.6) is 5.75 Å². The molecule has 27 heavy (non-hydrogen) atoms. The van der Waals surface area contributed by atoms with Crippen molar-refractivity contribution < 1.29 is 14.3 Å². The van der Waals surface area contributed by atoms with Gasteiger partial charge < -0.3 is 15.8 Å². The van der Waals surface area contributed by atoms with Crippen LogP contribution in [0.2, 0.25) is 0 Å². The van der Waals surface area contributed by atoms with Crippen molar-refractivity contribution in [2.24, 2.45) is 5.73 Å². The summed E-state index contributed by atoms with van der Waals surface area (Å²) in [7, 11) is 1.63. The van der Waals surface area contributed by atoms with Crippen molar-refractivity contribution in [2.45, 2.75) is 25.4 Å². The number of methoxy groups -OCH3 is 1. The molecule has 0 saturated carbocycles. The molecule has 2 aromatic carbocycles. The lowest BCUT2D eigenvalue weighted by Gasteiger charge is -2.34. The molecule has 0 radical (unpaired) electrons. The molecule has 1 aliphatic heterocycles. The Morgan fingerprint density at radius 1 is 1.15 bits per heavy atom. The standard InChI is InChI=1S/C21H25N3O3/c1-27-18-8-6-15(7-9-18)10-11-23-20(25)14-24-13-17-5-3-2-4-16(17)12-19(24)21(22)26/h2-9,19H,10-14H2,1H3,(H2,22,26)(H,23,25)/t19-/m0/s1. The van der Waals surface area contributed by atoms with Crippen LogP contribution in [0.25, 0.3) is 0 Å². The van der Waals surface area contributed by atoms with Crippen molar-refractivity contribution >= 4 is 11.8 Å². The van der Waals surface area contributed by atoms with Gasteiger partial charge in [0.15, 0.2) is 0 Å². The van der Waals surface area contributed by atoms with E-state index in [0.29, 0.717) is 19.5 Å². The molecule has 0 bridgehead atoms. The van der Waals surface area contributed by atoms with E-state index in [-0.39, 0.29) is 12.5 Å². The van der Waals surface area contributed by atoms with Crippen molar-refractivity contribution in [1.82, 2.24) is 10.2 Å². The van der Waals surface area contributed by atoms with E-state index in [2.05, 4.69) is 5.32 Å². The average Bonchev–Trinajstić information content (AvgIpc) is 2.68. The summed E-state index contributed by atoms with van der Waals surface area (Å²) in [5.41, 5.74) is 8.95. The number of amides is 2. The Morgan fingerprint density at radius 3 is 2.52 bits per heavy atom. The van der Waals surface area contributed by atoms with Crippen molar-refractivity contribution in [2.75, 3.05) is 20.2 Å². The number of ether oxygens (including phenoxy) is 1. The highest BCUT2D eigenvalue weighted by Gasteiger charge is 2.30. The second-order valence-corrected chi connectivity index (χ2v) is 6.74. The van der Waals surface area contributed by atoms with Crippen LogP contribution in [-0.2, 0) is 29.0 Å². The fourth-order valence-corrected chi connectivity index (χ4v) is 3.40. The lowest BCUT2D eigenvalue weighted by atomic mass is 9.93. The minimum atomic E-state index is -0.452. The third kappa shape index (κ3) is 4.86.